The highest BCUT2D eigenvalue weighted by molar-refractivity contribution is 7.91. The van der Waals surface area contributed by atoms with Gasteiger partial charge in [0.2, 0.25) is 0 Å². The van der Waals surface area contributed by atoms with Gasteiger partial charge in [0.25, 0.3) is 22.2 Å². The quantitative estimate of drug-likeness (QED) is 0.0464. The van der Waals surface area contributed by atoms with Crippen molar-refractivity contribution in [2.24, 2.45) is 20.5 Å². The van der Waals surface area contributed by atoms with Crippen LogP contribution in [0.2, 0.25) is 0 Å². The Balaban J connectivity index is 0.960. The summed E-state index contributed by atoms with van der Waals surface area (Å²) < 4.78 is 55.7. The van der Waals surface area contributed by atoms with E-state index in [0.29, 0.717) is 38.1 Å². The Kier molecular flexibility index (Phi) is 15.1. The second-order valence-electron chi connectivity index (χ2n) is 20.0. The molecule has 420 valence electrons. The number of sulfone groups is 2. The summed E-state index contributed by atoms with van der Waals surface area (Å²) in [5, 5.41) is 83.7. The molecule has 4 aromatic carbocycles. The van der Waals surface area contributed by atoms with Gasteiger partial charge in [0.1, 0.15) is 10.0 Å². The van der Waals surface area contributed by atoms with Crippen LogP contribution < -0.4 is 11.5 Å². The van der Waals surface area contributed by atoms with Crippen LogP contribution in [0.15, 0.2) is 121 Å². The van der Waals surface area contributed by atoms with Crippen LogP contribution in [-0.4, -0.2) is 110 Å². The van der Waals surface area contributed by atoms with Crippen molar-refractivity contribution < 1.29 is 51.6 Å². The second kappa shape index (κ2) is 21.8. The van der Waals surface area contributed by atoms with Crippen molar-refractivity contribution in [3.63, 3.8) is 0 Å². The summed E-state index contributed by atoms with van der Waals surface area (Å²) in [7, 11) is -8.15. The van der Waals surface area contributed by atoms with Gasteiger partial charge in [-0.2, -0.15) is 34.5 Å². The Hall–Kier alpha value is -9.66. The molecule has 0 bridgehead atoms. The molecule has 32 heteroatoms. The van der Waals surface area contributed by atoms with Crippen molar-refractivity contribution in [3.05, 3.63) is 130 Å². The fourth-order valence-electron chi connectivity index (χ4n) is 7.86. The predicted octanol–water partition coefficient (Wildman–Crippen LogP) is 8.62. The van der Waals surface area contributed by atoms with E-state index in [2.05, 4.69) is 66.0 Å². The molecular formula is C50H45N17O11S4. The summed E-state index contributed by atoms with van der Waals surface area (Å²) >= 11 is 2.06. The van der Waals surface area contributed by atoms with Crippen LogP contribution in [0.25, 0.3) is 33.0 Å². The minimum atomic E-state index is -4.23. The summed E-state index contributed by atoms with van der Waals surface area (Å²) in [6.45, 7) is 11.1. The second-order valence-corrected chi connectivity index (χ2v) is 25.9. The molecule has 0 unspecified atom stereocenters. The van der Waals surface area contributed by atoms with Crippen LogP contribution >= 0.6 is 22.7 Å². The molecule has 0 amide bonds. The number of carboxylic acid groups (broad SMARTS) is 3. The van der Waals surface area contributed by atoms with E-state index in [1.165, 1.54) is 24.3 Å². The van der Waals surface area contributed by atoms with Gasteiger partial charge in [-0.05, 0) is 59.7 Å². The number of hydrogen-bond acceptors (Lipinski definition) is 25. The zero-order chi connectivity index (χ0) is 59.2. The molecule has 0 aliphatic rings. The van der Waals surface area contributed by atoms with E-state index in [4.69, 9.17) is 11.5 Å². The molecule has 5 aromatic heterocycles. The van der Waals surface area contributed by atoms with E-state index >= 15 is 0 Å². The normalized spacial score (nSPS) is 12.4. The first kappa shape index (κ1) is 57.0. The van der Waals surface area contributed by atoms with Gasteiger partial charge in [-0.3, -0.25) is 0 Å². The van der Waals surface area contributed by atoms with Crippen molar-refractivity contribution in [1.82, 2.24) is 54.9 Å². The third-order valence-corrected chi connectivity index (χ3v) is 16.8. The number of aromatic hydroxyl groups is 1. The molecule has 0 fully saturated rings. The lowest BCUT2D eigenvalue weighted by atomic mass is 9.91. The summed E-state index contributed by atoms with van der Waals surface area (Å²) in [5.74, 6) is -5.98. The predicted molar refractivity (Wildman–Crippen MR) is 297 cm³/mol. The average Bonchev–Trinajstić information content (AvgIpc) is 4.10. The first-order valence-electron chi connectivity index (χ1n) is 23.9. The Bertz CT molecular complexity index is 4310. The van der Waals surface area contributed by atoms with E-state index in [-0.39, 0.29) is 61.2 Å². The van der Waals surface area contributed by atoms with Gasteiger partial charge in [-0.25, -0.2) is 31.2 Å². The molecule has 82 heavy (non-hydrogen) atoms. The molecule has 0 spiro atoms. The number of aromatic nitrogens is 11. The number of nitrogen functional groups attached to an aromatic ring is 2. The van der Waals surface area contributed by atoms with Crippen LogP contribution in [0.4, 0.5) is 33.3 Å². The fraction of sp³-hybridized carbons (Fsp3) is 0.200. The Morgan fingerprint density at radius 3 is 1.38 bits per heavy atom. The van der Waals surface area contributed by atoms with Gasteiger partial charge in [0, 0.05) is 22.0 Å². The van der Waals surface area contributed by atoms with Gasteiger partial charge in [0.05, 0.1) is 49.4 Å². The van der Waals surface area contributed by atoms with Crippen LogP contribution in [0, 0.1) is 0 Å². The summed E-state index contributed by atoms with van der Waals surface area (Å²) in [5.41, 5.74) is 13.4. The number of aromatic carboxylic acids is 3. The number of azo groups is 2. The number of rotatable bonds is 17. The van der Waals surface area contributed by atoms with Crippen molar-refractivity contribution in [2.75, 3.05) is 11.5 Å². The number of nitrogens with zero attached hydrogens (tertiary/aromatic N) is 15. The van der Waals surface area contributed by atoms with Gasteiger partial charge >= 0.3 is 23.9 Å². The highest BCUT2D eigenvalue weighted by Crippen LogP contribution is 2.41. The Morgan fingerprint density at radius 1 is 0.537 bits per heavy atom. The molecular weight excluding hydrogens is 1140 g/mol. The third-order valence-electron chi connectivity index (χ3n) is 11.8. The smallest absolute Gasteiger partial charge is 0.335 e. The number of benzene rings is 4. The van der Waals surface area contributed by atoms with Gasteiger partial charge < -0.3 is 31.9 Å². The van der Waals surface area contributed by atoms with Crippen molar-refractivity contribution in [3.8, 4) is 39.0 Å². The fourth-order valence-corrected chi connectivity index (χ4v) is 12.0. The maximum absolute atomic E-state index is 13.4. The minimum Gasteiger partial charge on any atom is -0.479 e. The molecule has 0 aliphatic heterocycles. The molecule has 28 nitrogen and oxygen atoms in total. The summed E-state index contributed by atoms with van der Waals surface area (Å²) in [4.78, 5) is 46.9. The molecule has 9 rings (SSSR count). The number of hydrogen-bond donors (Lipinski definition) is 6. The molecule has 0 atom stereocenters. The average molecular weight is 1190 g/mol. The van der Waals surface area contributed by atoms with E-state index in [1.54, 1.807) is 42.5 Å². The molecule has 5 heterocycles. The summed E-state index contributed by atoms with van der Waals surface area (Å²) in [6.07, 6.45) is 0. The SMILES string of the molecule is CC(C)(C)c1nn(-c2nc(O)nc(-n3nc(C(C)(C)C)c(N=Nc4nnc(-c5cccc(CS(=O)(=O)c6cc(C(=O)O)cc(C(=O)O)c6)c5)s4)c3N)n2)c(N)c1N=Nc1nnc(-c2cccc(CS(=O)(=O)c3cccc(C(=O)O)c3)c2)s1. The maximum Gasteiger partial charge on any atom is 0.335 e. The maximum atomic E-state index is 13.4. The van der Waals surface area contributed by atoms with Crippen molar-refractivity contribution in [2.45, 2.75) is 73.7 Å². The van der Waals surface area contributed by atoms with E-state index in [1.807, 2.05) is 41.5 Å². The molecule has 0 aliphatic carbocycles. The first-order valence-corrected chi connectivity index (χ1v) is 28.8. The van der Waals surface area contributed by atoms with Crippen LogP contribution in [0.3, 0.4) is 0 Å². The highest BCUT2D eigenvalue weighted by Gasteiger charge is 2.31. The number of anilines is 2. The number of nitrogens with two attached hydrogens (primary N) is 2. The number of carboxylic acids is 3. The lowest BCUT2D eigenvalue weighted by molar-refractivity contribution is 0.0681. The zero-order valence-electron chi connectivity index (χ0n) is 43.7. The van der Waals surface area contributed by atoms with Crippen LogP contribution in [-0.2, 0) is 42.0 Å². The van der Waals surface area contributed by atoms with Gasteiger partial charge in [-0.15, -0.1) is 40.9 Å². The topological polar surface area (TPSA) is 428 Å². The molecule has 0 saturated carbocycles. The zero-order valence-corrected chi connectivity index (χ0v) is 47.0. The van der Waals surface area contributed by atoms with Gasteiger partial charge in [0.15, 0.2) is 42.7 Å². The first-order chi connectivity index (χ1) is 38.5. The Morgan fingerprint density at radius 2 is 0.951 bits per heavy atom. The van der Waals surface area contributed by atoms with Gasteiger partial charge in [-0.1, -0.05) is 107 Å². The Labute approximate surface area is 472 Å². The molecule has 0 saturated heterocycles. The monoisotopic (exact) mass is 1190 g/mol. The number of carbonyl (C=O) groups is 3. The van der Waals surface area contributed by atoms with Crippen LogP contribution in [0.5, 0.6) is 6.01 Å². The minimum absolute atomic E-state index is 0.0656. The van der Waals surface area contributed by atoms with Crippen molar-refractivity contribution in [1.29, 1.82) is 0 Å². The third kappa shape index (κ3) is 12.2. The standard InChI is InChI=1S/C50H45N17O11S4/c1-49(2,3)35-33(56-60-47-62-58-39(79-47)26-12-7-10-24(16-26)22-81(75,76)31-15-9-14-28(19-31)41(68)69)37(51)66(64-35)44-53-45(55-46(74)54-44)67-38(52)34(36(65-67)50(4,5)6)57-61-48-63-59-40(80-48)27-13-8-11-25(17-27)23-82(77,78)32-20-29(42(70)71)18-30(21-32)43(72)73/h7-21H,22-23,51-52H2,1-6H3,(H,68,69)(H,70,71)(H,72,73)(H,53,54,55,74). The lowest BCUT2D eigenvalue weighted by Gasteiger charge is -2.15. The largest absolute Gasteiger partial charge is 0.479 e. The molecule has 9 aromatic rings. The highest BCUT2D eigenvalue weighted by atomic mass is 32.2. The lowest BCUT2D eigenvalue weighted by Crippen LogP contribution is -2.16. The van der Waals surface area contributed by atoms with E-state index in [0.717, 1.165) is 56.3 Å². The van der Waals surface area contributed by atoms with E-state index in [9.17, 15) is 51.6 Å². The summed E-state index contributed by atoms with van der Waals surface area (Å²) in [6, 6.07) is 20.0. The van der Waals surface area contributed by atoms with Crippen molar-refractivity contribution >= 4 is 93.5 Å². The molecule has 0 radical (unpaired) electrons. The van der Waals surface area contributed by atoms with Crippen LogP contribution in [0.1, 0.15) is 95.1 Å². The molecule has 8 N–H and O–H groups in total. The van der Waals surface area contributed by atoms with E-state index < -0.39 is 82.0 Å².